The maximum atomic E-state index is 10.0. The Morgan fingerprint density at radius 1 is 1.31 bits per heavy atom. The summed E-state index contributed by atoms with van der Waals surface area (Å²) in [5.41, 5.74) is 2.11. The van der Waals surface area contributed by atoms with Crippen molar-refractivity contribution in [2.45, 2.75) is 25.9 Å². The molecule has 0 saturated heterocycles. The molecular weight excluding hydrogens is 447 g/mol. The summed E-state index contributed by atoms with van der Waals surface area (Å²) in [5.74, 6) is 1.23. The topological polar surface area (TPSA) is 108 Å². The minimum Gasteiger partial charge on any atom is -0.508 e. The number of aromatic hydroxyl groups is 1. The molecule has 0 bridgehead atoms. The van der Waals surface area contributed by atoms with Crippen molar-refractivity contribution in [3.63, 3.8) is 0 Å². The lowest BCUT2D eigenvalue weighted by molar-refractivity contribution is 0.271. The van der Waals surface area contributed by atoms with Crippen LogP contribution in [0.15, 0.2) is 24.5 Å². The summed E-state index contributed by atoms with van der Waals surface area (Å²) < 4.78 is 2.86. The Morgan fingerprint density at radius 2 is 2.12 bits per heavy atom. The zero-order valence-electron chi connectivity index (χ0n) is 14.6. The Morgan fingerprint density at radius 3 is 2.85 bits per heavy atom. The maximum Gasteiger partial charge on any atom is 0.227 e. The summed E-state index contributed by atoms with van der Waals surface area (Å²) in [6.45, 7) is 2.39. The van der Waals surface area contributed by atoms with Crippen LogP contribution in [-0.2, 0) is 13.6 Å². The van der Waals surface area contributed by atoms with Crippen molar-refractivity contribution in [1.29, 1.82) is 0 Å². The van der Waals surface area contributed by atoms with E-state index < -0.39 is 0 Å². The first kappa shape index (κ1) is 18.6. The molecule has 0 saturated carbocycles. The van der Waals surface area contributed by atoms with Crippen LogP contribution in [0, 0.1) is 3.57 Å². The molecule has 0 radical (unpaired) electrons. The van der Waals surface area contributed by atoms with Crippen molar-refractivity contribution >= 4 is 45.5 Å². The average molecular weight is 468 g/mol. The highest BCUT2D eigenvalue weighted by atomic mass is 127. The van der Waals surface area contributed by atoms with E-state index >= 15 is 0 Å². The van der Waals surface area contributed by atoms with E-state index in [0.717, 1.165) is 15.6 Å². The zero-order valence-corrected chi connectivity index (χ0v) is 16.7. The van der Waals surface area contributed by atoms with E-state index in [-0.39, 0.29) is 18.4 Å². The molecule has 8 nitrogen and oxygen atoms in total. The molecule has 2 aromatic heterocycles. The highest BCUT2D eigenvalue weighted by Crippen LogP contribution is 2.24. The van der Waals surface area contributed by atoms with Gasteiger partial charge in [-0.2, -0.15) is 9.97 Å². The molecule has 0 spiro atoms. The molecule has 0 aliphatic rings. The number of phenolic OH excluding ortho intramolecular Hbond substituents is 1. The first-order chi connectivity index (χ1) is 12.5. The number of anilines is 2. The van der Waals surface area contributed by atoms with Crippen molar-refractivity contribution in [1.82, 2.24) is 19.5 Å². The van der Waals surface area contributed by atoms with Gasteiger partial charge in [0, 0.05) is 22.7 Å². The number of hydrogen-bond donors (Lipinski definition) is 4. The molecule has 2 heterocycles. The Labute approximate surface area is 164 Å². The van der Waals surface area contributed by atoms with Gasteiger partial charge in [0.15, 0.2) is 17.0 Å². The fourth-order valence-corrected chi connectivity index (χ4v) is 3.08. The molecule has 26 heavy (non-hydrogen) atoms. The lowest BCUT2D eigenvalue weighted by Gasteiger charge is -2.15. The third-order valence-corrected chi connectivity index (χ3v) is 4.76. The molecule has 0 aliphatic heterocycles. The first-order valence-corrected chi connectivity index (χ1v) is 9.37. The van der Waals surface area contributed by atoms with Crippen LogP contribution in [0.5, 0.6) is 5.75 Å². The molecule has 0 aliphatic carbocycles. The number of imidazole rings is 1. The zero-order chi connectivity index (χ0) is 18.7. The van der Waals surface area contributed by atoms with Crippen LogP contribution in [-0.4, -0.2) is 42.4 Å². The molecule has 0 fully saturated rings. The van der Waals surface area contributed by atoms with Crippen molar-refractivity contribution in [2.75, 3.05) is 17.2 Å². The highest BCUT2D eigenvalue weighted by Gasteiger charge is 2.14. The molecule has 0 amide bonds. The fourth-order valence-electron chi connectivity index (χ4n) is 2.53. The van der Waals surface area contributed by atoms with Gasteiger partial charge in [-0.05, 0) is 47.2 Å². The van der Waals surface area contributed by atoms with Gasteiger partial charge in [0.25, 0.3) is 0 Å². The van der Waals surface area contributed by atoms with Gasteiger partial charge >= 0.3 is 0 Å². The van der Waals surface area contributed by atoms with Gasteiger partial charge in [-0.1, -0.05) is 6.92 Å². The Hall–Kier alpha value is -2.14. The minimum atomic E-state index is -0.117. The van der Waals surface area contributed by atoms with E-state index in [9.17, 15) is 10.2 Å². The molecule has 3 rings (SSSR count). The van der Waals surface area contributed by atoms with Gasteiger partial charge in [-0.3, -0.25) is 0 Å². The van der Waals surface area contributed by atoms with Gasteiger partial charge in [0.2, 0.25) is 5.95 Å². The lowest BCUT2D eigenvalue weighted by Crippen LogP contribution is -2.24. The van der Waals surface area contributed by atoms with Crippen LogP contribution in [0.4, 0.5) is 11.8 Å². The molecule has 138 valence electrons. The van der Waals surface area contributed by atoms with Crippen LogP contribution in [0.25, 0.3) is 11.2 Å². The second kappa shape index (κ2) is 8.04. The normalized spacial score (nSPS) is 12.3. The highest BCUT2D eigenvalue weighted by molar-refractivity contribution is 14.1. The third kappa shape index (κ3) is 3.98. The second-order valence-electron chi connectivity index (χ2n) is 5.98. The van der Waals surface area contributed by atoms with E-state index in [0.29, 0.717) is 29.5 Å². The van der Waals surface area contributed by atoms with Gasteiger partial charge < -0.3 is 25.4 Å². The van der Waals surface area contributed by atoms with Crippen LogP contribution in [0.2, 0.25) is 0 Å². The number of fused-ring (bicyclic) bond motifs is 1. The number of aryl methyl sites for hydroxylation is 1. The number of nitrogens with zero attached hydrogens (tertiary/aromatic N) is 4. The number of aromatic nitrogens is 4. The third-order valence-electron chi connectivity index (χ3n) is 4.09. The first-order valence-electron chi connectivity index (χ1n) is 8.29. The summed E-state index contributed by atoms with van der Waals surface area (Å²) in [4.78, 5) is 13.4. The minimum absolute atomic E-state index is 0.00235. The number of rotatable bonds is 7. The van der Waals surface area contributed by atoms with Crippen molar-refractivity contribution in [2.24, 2.45) is 7.05 Å². The molecular formula is C17H21IN6O2. The monoisotopic (exact) mass is 468 g/mol. The predicted octanol–water partition coefficient (Wildman–Crippen LogP) is 2.47. The number of aliphatic hydroxyl groups excluding tert-OH is 1. The molecule has 9 heteroatoms. The number of hydrogen-bond acceptors (Lipinski definition) is 7. The van der Waals surface area contributed by atoms with Crippen LogP contribution < -0.4 is 10.6 Å². The predicted molar refractivity (Wildman–Crippen MR) is 109 cm³/mol. The van der Waals surface area contributed by atoms with Crippen LogP contribution >= 0.6 is 22.6 Å². The van der Waals surface area contributed by atoms with E-state index in [2.05, 4.69) is 48.2 Å². The summed E-state index contributed by atoms with van der Waals surface area (Å²) in [6.07, 6.45) is 2.43. The second-order valence-corrected chi connectivity index (χ2v) is 7.23. The van der Waals surface area contributed by atoms with Gasteiger partial charge in [0.05, 0.1) is 19.0 Å². The number of aliphatic hydroxyl groups is 1. The molecule has 3 aromatic rings. The molecule has 1 atom stereocenters. The molecule has 1 aromatic carbocycles. The summed E-state index contributed by atoms with van der Waals surface area (Å²) in [7, 11) is 1.87. The van der Waals surface area contributed by atoms with Gasteiger partial charge in [-0.25, -0.2) is 4.98 Å². The Bertz CT molecular complexity index is 910. The molecule has 1 unspecified atom stereocenters. The SMILES string of the molecule is CCC(CO)Nc1nc(NCc2cc(I)ccc2O)c2ncn(C)c2n1. The van der Waals surface area contributed by atoms with Crippen molar-refractivity contribution < 1.29 is 10.2 Å². The Kier molecular flexibility index (Phi) is 5.77. The lowest BCUT2D eigenvalue weighted by atomic mass is 10.2. The quantitative estimate of drug-likeness (QED) is 0.395. The summed E-state index contributed by atoms with van der Waals surface area (Å²) >= 11 is 2.21. The summed E-state index contributed by atoms with van der Waals surface area (Å²) in [5, 5.41) is 25.8. The van der Waals surface area contributed by atoms with E-state index in [4.69, 9.17) is 0 Å². The van der Waals surface area contributed by atoms with Crippen LogP contribution in [0.3, 0.4) is 0 Å². The van der Waals surface area contributed by atoms with Gasteiger partial charge in [0.1, 0.15) is 5.75 Å². The van der Waals surface area contributed by atoms with Gasteiger partial charge in [-0.15, -0.1) is 0 Å². The number of nitrogens with one attached hydrogen (secondary N) is 2. The average Bonchev–Trinajstić information content (AvgIpc) is 3.01. The van der Waals surface area contributed by atoms with E-state index in [1.807, 2.05) is 30.7 Å². The summed E-state index contributed by atoms with van der Waals surface area (Å²) in [6, 6.07) is 5.32. The standard InChI is InChI=1S/C17H21IN6O2/c1-3-12(8-25)21-17-22-15(14-16(23-17)24(2)9-20-14)19-7-10-6-11(18)4-5-13(10)26/h4-6,9,12,25-26H,3,7-8H2,1-2H3,(H2,19,21,22,23). The maximum absolute atomic E-state index is 10.0. The fraction of sp³-hybridized carbons (Fsp3) is 0.353. The number of phenols is 1. The van der Waals surface area contributed by atoms with E-state index in [1.54, 1.807) is 12.4 Å². The van der Waals surface area contributed by atoms with Crippen molar-refractivity contribution in [3.8, 4) is 5.75 Å². The number of halogens is 1. The smallest absolute Gasteiger partial charge is 0.227 e. The van der Waals surface area contributed by atoms with Crippen molar-refractivity contribution in [3.05, 3.63) is 33.7 Å². The molecule has 4 N–H and O–H groups in total. The van der Waals surface area contributed by atoms with E-state index in [1.165, 1.54) is 0 Å². The Balaban J connectivity index is 1.92. The van der Waals surface area contributed by atoms with Crippen LogP contribution in [0.1, 0.15) is 18.9 Å². The number of benzene rings is 1. The largest absolute Gasteiger partial charge is 0.508 e.